The minimum absolute atomic E-state index is 0.0971. The van der Waals surface area contributed by atoms with Crippen molar-refractivity contribution in [2.24, 2.45) is 5.73 Å². The van der Waals surface area contributed by atoms with Gasteiger partial charge in [0.2, 0.25) is 0 Å². The van der Waals surface area contributed by atoms with Gasteiger partial charge in [-0.1, -0.05) is 65.7 Å². The summed E-state index contributed by atoms with van der Waals surface area (Å²) in [5.41, 5.74) is 6.08. The van der Waals surface area contributed by atoms with Crippen LogP contribution >= 0.6 is 0 Å². The van der Waals surface area contributed by atoms with E-state index in [1.54, 1.807) is 0 Å². The zero-order valence-corrected chi connectivity index (χ0v) is 13.0. The van der Waals surface area contributed by atoms with Gasteiger partial charge in [-0.15, -0.1) is 0 Å². The second kappa shape index (κ2) is 12.0. The Hall–Kier alpha value is -0.0800. The van der Waals surface area contributed by atoms with Crippen molar-refractivity contribution in [3.8, 4) is 0 Å². The van der Waals surface area contributed by atoms with Crippen LogP contribution in [-0.4, -0.2) is 18.8 Å². The lowest BCUT2D eigenvalue weighted by Gasteiger charge is -2.26. The summed E-state index contributed by atoms with van der Waals surface area (Å²) in [5, 5.41) is 0. The van der Waals surface area contributed by atoms with Crippen LogP contribution in [0.2, 0.25) is 0 Å². The molecule has 0 fully saturated rings. The average molecular weight is 257 g/mol. The Bertz CT molecular complexity index is 166. The van der Waals surface area contributed by atoms with Gasteiger partial charge in [0.15, 0.2) is 0 Å². The highest BCUT2D eigenvalue weighted by atomic mass is 16.5. The summed E-state index contributed by atoms with van der Waals surface area (Å²) in [4.78, 5) is 0. The molecule has 0 atom stereocenters. The number of rotatable bonds is 13. The Morgan fingerprint density at radius 1 is 0.778 bits per heavy atom. The summed E-state index contributed by atoms with van der Waals surface area (Å²) in [7, 11) is 0. The third kappa shape index (κ3) is 9.90. The first-order valence-electron chi connectivity index (χ1n) is 8.05. The molecule has 110 valence electrons. The summed E-state index contributed by atoms with van der Waals surface area (Å²) >= 11 is 0. The topological polar surface area (TPSA) is 35.2 Å². The van der Waals surface area contributed by atoms with Crippen molar-refractivity contribution >= 4 is 0 Å². The van der Waals surface area contributed by atoms with Crippen molar-refractivity contribution in [2.45, 2.75) is 90.5 Å². The predicted octanol–water partition coefficient (Wildman–Crippen LogP) is 4.66. The lowest BCUT2D eigenvalue weighted by Crippen LogP contribution is -2.43. The summed E-state index contributed by atoms with van der Waals surface area (Å²) in [6.07, 6.45) is 12.8. The van der Waals surface area contributed by atoms with Gasteiger partial charge in [0.05, 0.1) is 6.61 Å². The predicted molar refractivity (Wildman–Crippen MR) is 80.9 cm³/mol. The maximum absolute atomic E-state index is 6.18. The van der Waals surface area contributed by atoms with E-state index in [1.165, 1.54) is 51.4 Å². The molecule has 18 heavy (non-hydrogen) atoms. The Morgan fingerprint density at radius 3 is 1.78 bits per heavy atom. The summed E-state index contributed by atoms with van der Waals surface area (Å²) < 4.78 is 5.70. The van der Waals surface area contributed by atoms with Crippen LogP contribution in [0.3, 0.4) is 0 Å². The van der Waals surface area contributed by atoms with E-state index in [2.05, 4.69) is 20.8 Å². The van der Waals surface area contributed by atoms with E-state index in [1.807, 2.05) is 0 Å². The molecule has 0 aliphatic rings. The van der Waals surface area contributed by atoms with Crippen LogP contribution in [0, 0.1) is 0 Å². The first kappa shape index (κ1) is 17.9. The molecule has 0 aliphatic carbocycles. The Balaban J connectivity index is 3.21. The van der Waals surface area contributed by atoms with E-state index < -0.39 is 0 Å². The smallest absolute Gasteiger partial charge is 0.0645 e. The molecule has 0 saturated heterocycles. The maximum Gasteiger partial charge on any atom is 0.0645 e. The first-order valence-corrected chi connectivity index (χ1v) is 8.05. The molecule has 2 heteroatoms. The molecule has 0 amide bonds. The third-order valence-electron chi connectivity index (χ3n) is 3.94. The van der Waals surface area contributed by atoms with Crippen molar-refractivity contribution in [1.29, 1.82) is 0 Å². The van der Waals surface area contributed by atoms with Crippen molar-refractivity contribution in [3.63, 3.8) is 0 Å². The molecule has 0 aliphatic heterocycles. The quantitative estimate of drug-likeness (QED) is 0.487. The van der Waals surface area contributed by atoms with Gasteiger partial charge in [-0.25, -0.2) is 0 Å². The molecule has 0 aromatic rings. The molecule has 0 saturated carbocycles. The Morgan fingerprint density at radius 2 is 1.28 bits per heavy atom. The van der Waals surface area contributed by atoms with E-state index in [4.69, 9.17) is 10.5 Å². The van der Waals surface area contributed by atoms with Gasteiger partial charge in [0.1, 0.15) is 0 Å². The van der Waals surface area contributed by atoms with Gasteiger partial charge >= 0.3 is 0 Å². The van der Waals surface area contributed by atoms with Crippen LogP contribution in [0.15, 0.2) is 0 Å². The summed E-state index contributed by atoms with van der Waals surface area (Å²) in [5.74, 6) is 0. The second-order valence-corrected chi connectivity index (χ2v) is 5.60. The van der Waals surface area contributed by atoms with Gasteiger partial charge in [-0.2, -0.15) is 0 Å². The van der Waals surface area contributed by atoms with Crippen molar-refractivity contribution in [2.75, 3.05) is 13.2 Å². The fourth-order valence-electron chi connectivity index (χ4n) is 2.07. The molecule has 2 N–H and O–H groups in total. The van der Waals surface area contributed by atoms with Gasteiger partial charge in [0, 0.05) is 12.1 Å². The fourth-order valence-corrected chi connectivity index (χ4v) is 2.07. The third-order valence-corrected chi connectivity index (χ3v) is 3.94. The van der Waals surface area contributed by atoms with Crippen LogP contribution in [0.5, 0.6) is 0 Å². The zero-order valence-electron chi connectivity index (χ0n) is 13.0. The normalized spacial score (nSPS) is 12.0. The molecule has 0 bridgehead atoms. The van der Waals surface area contributed by atoms with E-state index >= 15 is 0 Å². The largest absolute Gasteiger partial charge is 0.380 e. The Kier molecular flexibility index (Phi) is 11.9. The number of hydrogen-bond acceptors (Lipinski definition) is 2. The molecule has 0 heterocycles. The lowest BCUT2D eigenvalue weighted by atomic mass is 9.96. The lowest BCUT2D eigenvalue weighted by molar-refractivity contribution is 0.0782. The molecule has 0 unspecified atom stereocenters. The van der Waals surface area contributed by atoms with Crippen molar-refractivity contribution < 1.29 is 4.74 Å². The minimum Gasteiger partial charge on any atom is -0.380 e. The number of unbranched alkanes of at least 4 members (excludes halogenated alkanes) is 7. The highest BCUT2D eigenvalue weighted by Crippen LogP contribution is 2.12. The fraction of sp³-hybridized carbons (Fsp3) is 1.00. The summed E-state index contributed by atoms with van der Waals surface area (Å²) in [6, 6.07) is 0. The highest BCUT2D eigenvalue weighted by Gasteiger charge is 2.19. The van der Waals surface area contributed by atoms with Crippen molar-refractivity contribution in [1.82, 2.24) is 0 Å². The summed E-state index contributed by atoms with van der Waals surface area (Å²) in [6.45, 7) is 8.15. The van der Waals surface area contributed by atoms with Crippen LogP contribution in [0.1, 0.15) is 85.0 Å². The van der Waals surface area contributed by atoms with Crippen LogP contribution in [0.25, 0.3) is 0 Å². The van der Waals surface area contributed by atoms with Gasteiger partial charge in [0.25, 0.3) is 0 Å². The molecule has 0 aromatic carbocycles. The van der Waals surface area contributed by atoms with Gasteiger partial charge in [-0.3, -0.25) is 0 Å². The molecule has 2 nitrogen and oxygen atoms in total. The van der Waals surface area contributed by atoms with Crippen molar-refractivity contribution in [3.05, 3.63) is 0 Å². The molecule has 0 rings (SSSR count). The van der Waals surface area contributed by atoms with Gasteiger partial charge < -0.3 is 10.5 Å². The number of hydrogen-bond donors (Lipinski definition) is 1. The number of ether oxygens (including phenoxy) is 1. The highest BCUT2D eigenvalue weighted by molar-refractivity contribution is 4.80. The van der Waals surface area contributed by atoms with Crippen LogP contribution in [0.4, 0.5) is 0 Å². The van der Waals surface area contributed by atoms with E-state index in [0.717, 1.165) is 26.1 Å². The molecule has 0 spiro atoms. The standard InChI is InChI=1S/C16H35NO/c1-4-7-8-9-10-11-12-13-14-18-15-16(17,5-2)6-3/h4-15,17H2,1-3H3. The Labute approximate surface area is 115 Å². The first-order chi connectivity index (χ1) is 8.68. The average Bonchev–Trinajstić information content (AvgIpc) is 2.40. The maximum atomic E-state index is 6.18. The number of nitrogens with two attached hydrogens (primary N) is 1. The van der Waals surface area contributed by atoms with E-state index in [0.29, 0.717) is 0 Å². The molecular formula is C16H35NO. The minimum atomic E-state index is -0.0971. The zero-order chi connectivity index (χ0) is 13.7. The molecule has 0 radical (unpaired) electrons. The van der Waals surface area contributed by atoms with Crippen LogP contribution < -0.4 is 5.73 Å². The van der Waals surface area contributed by atoms with E-state index in [-0.39, 0.29) is 5.54 Å². The molecular weight excluding hydrogens is 222 g/mol. The molecule has 0 aromatic heterocycles. The van der Waals surface area contributed by atoms with E-state index in [9.17, 15) is 0 Å². The SMILES string of the molecule is CCCCCCCCCCOCC(N)(CC)CC. The second-order valence-electron chi connectivity index (χ2n) is 5.60. The monoisotopic (exact) mass is 257 g/mol. The van der Waals surface area contributed by atoms with Gasteiger partial charge in [-0.05, 0) is 19.3 Å². The van der Waals surface area contributed by atoms with Crippen LogP contribution in [-0.2, 0) is 4.74 Å².